The van der Waals surface area contributed by atoms with E-state index >= 15 is 0 Å². The second kappa shape index (κ2) is 6.10. The lowest BCUT2D eigenvalue weighted by molar-refractivity contribution is 0.661. The molecule has 0 N–H and O–H groups in total. The third-order valence-electron chi connectivity index (χ3n) is 2.98. The van der Waals surface area contributed by atoms with Crippen LogP contribution in [0.4, 0.5) is 0 Å². The van der Waals surface area contributed by atoms with E-state index in [1.807, 2.05) is 36.4 Å². The third kappa shape index (κ3) is 3.27. The molecule has 2 nitrogen and oxygen atoms in total. The summed E-state index contributed by atoms with van der Waals surface area (Å²) in [7, 11) is 0. The lowest BCUT2D eigenvalue weighted by atomic mass is 10.1. The minimum absolute atomic E-state index is 0.109. The summed E-state index contributed by atoms with van der Waals surface area (Å²) in [5.41, 5.74) is 2.39. The molecule has 2 rings (SSSR count). The summed E-state index contributed by atoms with van der Waals surface area (Å²) in [5, 5.41) is 8.79. The van der Waals surface area contributed by atoms with Crippen LogP contribution in [0.15, 0.2) is 70.9 Å². The maximum atomic E-state index is 4.40. The highest BCUT2D eigenvalue weighted by molar-refractivity contribution is 5.19. The number of benzene rings is 2. The summed E-state index contributed by atoms with van der Waals surface area (Å²) in [5.74, 6) is 0. The van der Waals surface area contributed by atoms with Gasteiger partial charge in [0, 0.05) is 0 Å². The second-order valence-electron chi connectivity index (χ2n) is 4.40. The lowest BCUT2D eigenvalue weighted by Crippen LogP contribution is -1.91. The Bertz CT molecular complexity index is 444. The summed E-state index contributed by atoms with van der Waals surface area (Å²) >= 11 is 0. The van der Waals surface area contributed by atoms with Gasteiger partial charge in [0.25, 0.3) is 0 Å². The van der Waals surface area contributed by atoms with Crippen LogP contribution in [0, 0.1) is 0 Å². The average molecular weight is 238 g/mol. The van der Waals surface area contributed by atoms with E-state index in [9.17, 15) is 0 Å². The maximum Gasteiger partial charge on any atom is 0.0929 e. The van der Waals surface area contributed by atoms with Crippen molar-refractivity contribution in [2.45, 2.75) is 25.9 Å². The van der Waals surface area contributed by atoms with E-state index in [1.54, 1.807) is 0 Å². The van der Waals surface area contributed by atoms with E-state index < -0.39 is 0 Å². The fourth-order valence-electron chi connectivity index (χ4n) is 1.80. The summed E-state index contributed by atoms with van der Waals surface area (Å²) in [6.07, 6.45) is 0. The summed E-state index contributed by atoms with van der Waals surface area (Å²) in [6.45, 7) is 4.13. The molecule has 0 heterocycles. The topological polar surface area (TPSA) is 24.7 Å². The Morgan fingerprint density at radius 1 is 0.611 bits per heavy atom. The van der Waals surface area contributed by atoms with Gasteiger partial charge in [0.2, 0.25) is 0 Å². The van der Waals surface area contributed by atoms with Crippen LogP contribution >= 0.6 is 0 Å². The summed E-state index contributed by atoms with van der Waals surface area (Å²) < 4.78 is 0. The molecule has 0 radical (unpaired) electrons. The van der Waals surface area contributed by atoms with Crippen molar-refractivity contribution < 1.29 is 0 Å². The highest BCUT2D eigenvalue weighted by Gasteiger charge is 2.05. The Hall–Kier alpha value is -1.96. The van der Waals surface area contributed by atoms with Gasteiger partial charge in [-0.05, 0) is 25.0 Å². The van der Waals surface area contributed by atoms with Gasteiger partial charge < -0.3 is 0 Å². The first-order valence-electron chi connectivity index (χ1n) is 6.27. The fourth-order valence-corrected chi connectivity index (χ4v) is 1.80. The van der Waals surface area contributed by atoms with E-state index in [4.69, 9.17) is 0 Å². The molecule has 0 bridgehead atoms. The van der Waals surface area contributed by atoms with Gasteiger partial charge in [-0.15, -0.1) is 0 Å². The molecule has 92 valence electrons. The molecule has 0 saturated carbocycles. The zero-order chi connectivity index (χ0) is 12.8. The van der Waals surface area contributed by atoms with Gasteiger partial charge in [0.15, 0.2) is 0 Å². The van der Waals surface area contributed by atoms with Crippen molar-refractivity contribution >= 4 is 0 Å². The Morgan fingerprint density at radius 3 is 1.28 bits per heavy atom. The molecule has 0 fully saturated rings. The molecule has 0 aliphatic heterocycles. The molecule has 18 heavy (non-hydrogen) atoms. The molecule has 2 atom stereocenters. The Labute approximate surface area is 108 Å². The molecule has 2 heteroatoms. The largest absolute Gasteiger partial charge is 0.186 e. The van der Waals surface area contributed by atoms with Crippen LogP contribution in [0.2, 0.25) is 0 Å². The van der Waals surface area contributed by atoms with Gasteiger partial charge >= 0.3 is 0 Å². The van der Waals surface area contributed by atoms with Gasteiger partial charge in [0.1, 0.15) is 0 Å². The first-order chi connectivity index (χ1) is 8.77. The molecular weight excluding hydrogens is 220 g/mol. The number of hydrogen-bond donors (Lipinski definition) is 0. The Balaban J connectivity index is 2.03. The van der Waals surface area contributed by atoms with Crippen LogP contribution in [-0.4, -0.2) is 0 Å². The molecule has 0 spiro atoms. The fraction of sp³-hybridized carbons (Fsp3) is 0.250. The molecule has 2 aromatic rings. The molecule has 0 aliphatic carbocycles. The second-order valence-corrected chi connectivity index (χ2v) is 4.40. The van der Waals surface area contributed by atoms with Gasteiger partial charge in [-0.25, -0.2) is 0 Å². The molecule has 0 aromatic heterocycles. The summed E-state index contributed by atoms with van der Waals surface area (Å²) in [4.78, 5) is 0. The highest BCUT2D eigenvalue weighted by atomic mass is 15.1. The SMILES string of the molecule is CC(N=NC(C)c1ccccc1)c1ccccc1. The number of rotatable bonds is 4. The van der Waals surface area contributed by atoms with Crippen LogP contribution < -0.4 is 0 Å². The van der Waals surface area contributed by atoms with Crippen molar-refractivity contribution in [1.82, 2.24) is 0 Å². The maximum absolute atomic E-state index is 4.40. The summed E-state index contributed by atoms with van der Waals surface area (Å²) in [6, 6.07) is 20.7. The molecule has 0 saturated heterocycles. The Morgan fingerprint density at radius 2 is 0.944 bits per heavy atom. The van der Waals surface area contributed by atoms with E-state index in [2.05, 4.69) is 48.3 Å². The quantitative estimate of drug-likeness (QED) is 0.672. The van der Waals surface area contributed by atoms with E-state index in [0.29, 0.717) is 0 Å². The first-order valence-corrected chi connectivity index (χ1v) is 6.27. The van der Waals surface area contributed by atoms with Crippen molar-refractivity contribution in [1.29, 1.82) is 0 Å². The van der Waals surface area contributed by atoms with Crippen LogP contribution in [0.5, 0.6) is 0 Å². The van der Waals surface area contributed by atoms with Crippen LogP contribution in [0.3, 0.4) is 0 Å². The van der Waals surface area contributed by atoms with E-state index in [-0.39, 0.29) is 12.1 Å². The van der Waals surface area contributed by atoms with Crippen molar-refractivity contribution in [3.63, 3.8) is 0 Å². The van der Waals surface area contributed by atoms with Gasteiger partial charge in [-0.1, -0.05) is 60.7 Å². The minimum atomic E-state index is 0.109. The van der Waals surface area contributed by atoms with Crippen LogP contribution in [0.25, 0.3) is 0 Å². The predicted octanol–water partition coefficient (Wildman–Crippen LogP) is 4.96. The van der Waals surface area contributed by atoms with Gasteiger partial charge in [0.05, 0.1) is 12.1 Å². The number of hydrogen-bond acceptors (Lipinski definition) is 2. The van der Waals surface area contributed by atoms with Crippen LogP contribution in [-0.2, 0) is 0 Å². The monoisotopic (exact) mass is 238 g/mol. The highest BCUT2D eigenvalue weighted by Crippen LogP contribution is 2.21. The van der Waals surface area contributed by atoms with Gasteiger partial charge in [-0.2, -0.15) is 10.2 Å². The van der Waals surface area contributed by atoms with E-state index in [1.165, 1.54) is 11.1 Å². The number of nitrogens with zero attached hydrogens (tertiary/aromatic N) is 2. The average Bonchev–Trinajstić information content (AvgIpc) is 2.46. The van der Waals surface area contributed by atoms with E-state index in [0.717, 1.165) is 0 Å². The lowest BCUT2D eigenvalue weighted by Gasteiger charge is -2.08. The molecule has 2 unspecified atom stereocenters. The molecule has 0 amide bonds. The van der Waals surface area contributed by atoms with Gasteiger partial charge in [-0.3, -0.25) is 0 Å². The third-order valence-corrected chi connectivity index (χ3v) is 2.98. The van der Waals surface area contributed by atoms with Crippen molar-refractivity contribution in [2.75, 3.05) is 0 Å². The standard InChI is InChI=1S/C16H18N2/c1-13(15-9-5-3-6-10-15)17-18-14(2)16-11-7-4-8-12-16/h3-14H,1-2H3. The molecular formula is C16H18N2. The van der Waals surface area contributed by atoms with Crippen molar-refractivity contribution in [3.8, 4) is 0 Å². The normalized spacial score (nSPS) is 14.6. The van der Waals surface area contributed by atoms with Crippen LogP contribution in [0.1, 0.15) is 37.1 Å². The minimum Gasteiger partial charge on any atom is -0.186 e. The number of azo groups is 1. The first kappa shape index (κ1) is 12.5. The van der Waals surface area contributed by atoms with Crippen molar-refractivity contribution in [3.05, 3.63) is 71.8 Å². The van der Waals surface area contributed by atoms with Crippen molar-refractivity contribution in [2.24, 2.45) is 10.2 Å². The smallest absolute Gasteiger partial charge is 0.0929 e. The zero-order valence-electron chi connectivity index (χ0n) is 10.8. The zero-order valence-corrected chi connectivity index (χ0v) is 10.8. The molecule has 2 aromatic carbocycles. The molecule has 0 aliphatic rings. The predicted molar refractivity (Wildman–Crippen MR) is 74.6 cm³/mol. The Kier molecular flexibility index (Phi) is 4.24.